The number of anilines is 3. The Kier molecular flexibility index (Phi) is 5.28. The van der Waals surface area contributed by atoms with Crippen LogP contribution >= 0.6 is 0 Å². The van der Waals surface area contributed by atoms with Crippen LogP contribution in [0.2, 0.25) is 0 Å². The number of rotatable bonds is 4. The van der Waals surface area contributed by atoms with Gasteiger partial charge in [0.25, 0.3) is 5.91 Å². The fourth-order valence-electron chi connectivity index (χ4n) is 3.13. The van der Waals surface area contributed by atoms with Crippen LogP contribution in [-0.2, 0) is 0 Å². The third-order valence-electron chi connectivity index (χ3n) is 4.62. The van der Waals surface area contributed by atoms with Crippen molar-refractivity contribution in [2.45, 2.75) is 0 Å². The van der Waals surface area contributed by atoms with Crippen LogP contribution in [-0.4, -0.2) is 47.0 Å². The molecule has 1 aliphatic heterocycles. The number of nitrogens with zero attached hydrogens (tertiary/aromatic N) is 5. The maximum absolute atomic E-state index is 13.7. The third-order valence-corrected chi connectivity index (χ3v) is 4.62. The molecule has 2 aromatic heterocycles. The first-order chi connectivity index (χ1) is 14.1. The van der Waals surface area contributed by atoms with Crippen molar-refractivity contribution in [1.82, 2.24) is 15.0 Å². The Balaban J connectivity index is 1.38. The van der Waals surface area contributed by atoms with Crippen molar-refractivity contribution >= 4 is 23.4 Å². The lowest BCUT2D eigenvalue weighted by molar-refractivity contribution is 0.101. The number of hydrogen-bond acceptors (Lipinski definition) is 6. The molecule has 0 aliphatic carbocycles. The predicted molar refractivity (Wildman–Crippen MR) is 105 cm³/mol. The Morgan fingerprint density at radius 1 is 0.862 bits per heavy atom. The first kappa shape index (κ1) is 18.7. The van der Waals surface area contributed by atoms with E-state index in [-0.39, 0.29) is 5.69 Å². The average Bonchev–Trinajstić information content (AvgIpc) is 2.75. The van der Waals surface area contributed by atoms with Crippen LogP contribution in [0.25, 0.3) is 0 Å². The molecule has 4 rings (SSSR count). The fraction of sp³-hybridized carbons (Fsp3) is 0.200. The molecule has 0 unspecified atom stereocenters. The molecule has 0 bridgehead atoms. The number of pyridine rings is 1. The highest BCUT2D eigenvalue weighted by molar-refractivity contribution is 6.04. The number of nitrogens with one attached hydrogen (secondary N) is 1. The van der Waals surface area contributed by atoms with E-state index in [1.165, 1.54) is 18.5 Å². The minimum atomic E-state index is -0.925. The zero-order valence-electron chi connectivity index (χ0n) is 15.4. The summed E-state index contributed by atoms with van der Waals surface area (Å²) in [6, 6.07) is 9.08. The van der Waals surface area contributed by atoms with Gasteiger partial charge in [0.1, 0.15) is 23.0 Å². The van der Waals surface area contributed by atoms with Gasteiger partial charge in [-0.1, -0.05) is 12.1 Å². The molecule has 1 saturated heterocycles. The zero-order valence-corrected chi connectivity index (χ0v) is 15.4. The SMILES string of the molecule is O=C(Nc1cnc(N2CCN(c3ccccn3)CC2)nc1)c1c(F)cccc1F. The highest BCUT2D eigenvalue weighted by Gasteiger charge is 2.20. The Bertz CT molecular complexity index is 971. The van der Waals surface area contributed by atoms with Crippen LogP contribution in [0.3, 0.4) is 0 Å². The van der Waals surface area contributed by atoms with Crippen molar-refractivity contribution in [2.24, 2.45) is 0 Å². The molecule has 1 amide bonds. The lowest BCUT2D eigenvalue weighted by atomic mass is 10.2. The lowest BCUT2D eigenvalue weighted by Crippen LogP contribution is -2.47. The molecule has 1 N–H and O–H groups in total. The monoisotopic (exact) mass is 396 g/mol. The molecule has 3 aromatic rings. The Morgan fingerprint density at radius 2 is 1.52 bits per heavy atom. The van der Waals surface area contributed by atoms with Gasteiger partial charge in [0, 0.05) is 32.4 Å². The van der Waals surface area contributed by atoms with Crippen molar-refractivity contribution < 1.29 is 13.6 Å². The Hall–Kier alpha value is -3.62. The molecule has 0 saturated carbocycles. The number of halogens is 2. The lowest BCUT2D eigenvalue weighted by Gasteiger charge is -2.35. The molecular formula is C20H18F2N6O. The minimum absolute atomic E-state index is 0.258. The van der Waals surface area contributed by atoms with Crippen LogP contribution in [0.1, 0.15) is 10.4 Å². The maximum atomic E-state index is 13.7. The van der Waals surface area contributed by atoms with Crippen LogP contribution < -0.4 is 15.1 Å². The van der Waals surface area contributed by atoms with Crippen molar-refractivity contribution in [3.63, 3.8) is 0 Å². The van der Waals surface area contributed by atoms with E-state index in [2.05, 4.69) is 25.2 Å². The van der Waals surface area contributed by atoms with Gasteiger partial charge in [-0.05, 0) is 24.3 Å². The van der Waals surface area contributed by atoms with Crippen LogP contribution in [0.5, 0.6) is 0 Å². The zero-order chi connectivity index (χ0) is 20.2. The van der Waals surface area contributed by atoms with E-state index in [0.29, 0.717) is 5.95 Å². The minimum Gasteiger partial charge on any atom is -0.353 e. The van der Waals surface area contributed by atoms with Gasteiger partial charge < -0.3 is 15.1 Å². The second-order valence-electron chi connectivity index (χ2n) is 6.48. The number of benzene rings is 1. The molecule has 0 radical (unpaired) electrons. The first-order valence-corrected chi connectivity index (χ1v) is 9.10. The van der Waals surface area contributed by atoms with E-state index in [4.69, 9.17) is 0 Å². The third kappa shape index (κ3) is 4.13. The number of amides is 1. The summed E-state index contributed by atoms with van der Waals surface area (Å²) in [6.45, 7) is 3.02. The molecule has 148 valence electrons. The first-order valence-electron chi connectivity index (χ1n) is 9.10. The van der Waals surface area contributed by atoms with Crippen molar-refractivity contribution in [3.05, 3.63) is 72.2 Å². The van der Waals surface area contributed by atoms with Crippen LogP contribution in [0, 0.1) is 11.6 Å². The smallest absolute Gasteiger partial charge is 0.261 e. The van der Waals surface area contributed by atoms with Gasteiger partial charge in [0.2, 0.25) is 5.95 Å². The number of hydrogen-bond donors (Lipinski definition) is 1. The van der Waals surface area contributed by atoms with Gasteiger partial charge in [0.15, 0.2) is 0 Å². The summed E-state index contributed by atoms with van der Waals surface area (Å²) in [5.41, 5.74) is -0.379. The van der Waals surface area contributed by atoms with Crippen LogP contribution in [0.15, 0.2) is 55.0 Å². The molecule has 0 spiro atoms. The molecule has 9 heteroatoms. The van der Waals surface area contributed by atoms with E-state index < -0.39 is 23.1 Å². The largest absolute Gasteiger partial charge is 0.353 e. The number of aromatic nitrogens is 3. The molecule has 7 nitrogen and oxygen atoms in total. The van der Waals surface area contributed by atoms with E-state index >= 15 is 0 Å². The summed E-state index contributed by atoms with van der Waals surface area (Å²) in [7, 11) is 0. The normalized spacial score (nSPS) is 14.0. The van der Waals surface area contributed by atoms with E-state index in [9.17, 15) is 13.6 Å². The fourth-order valence-corrected chi connectivity index (χ4v) is 3.13. The van der Waals surface area contributed by atoms with Gasteiger partial charge in [-0.3, -0.25) is 4.79 Å². The topological polar surface area (TPSA) is 74.2 Å². The van der Waals surface area contributed by atoms with Gasteiger partial charge >= 0.3 is 0 Å². The Labute approximate surface area is 166 Å². The van der Waals surface area contributed by atoms with Gasteiger partial charge in [-0.25, -0.2) is 23.7 Å². The standard InChI is InChI=1S/C20H18F2N6O/c21-15-4-3-5-16(22)18(15)19(29)26-14-12-24-20(25-13-14)28-10-8-27(9-11-28)17-6-1-2-7-23-17/h1-7,12-13H,8-11H2,(H,26,29). The molecule has 3 heterocycles. The highest BCUT2D eigenvalue weighted by atomic mass is 19.1. The molecule has 29 heavy (non-hydrogen) atoms. The van der Waals surface area contributed by atoms with Crippen LogP contribution in [0.4, 0.5) is 26.2 Å². The summed E-state index contributed by atoms with van der Waals surface area (Å²) < 4.78 is 27.4. The second kappa shape index (κ2) is 8.17. The summed E-state index contributed by atoms with van der Waals surface area (Å²) in [5, 5.41) is 2.42. The van der Waals surface area contributed by atoms with Gasteiger partial charge in [-0.15, -0.1) is 0 Å². The second-order valence-corrected chi connectivity index (χ2v) is 6.48. The van der Waals surface area contributed by atoms with E-state index in [1.54, 1.807) is 6.20 Å². The van der Waals surface area contributed by atoms with E-state index in [0.717, 1.165) is 44.1 Å². The highest BCUT2D eigenvalue weighted by Crippen LogP contribution is 2.18. The molecule has 1 aromatic carbocycles. The van der Waals surface area contributed by atoms with Gasteiger partial charge in [0.05, 0.1) is 18.1 Å². The summed E-state index contributed by atoms with van der Waals surface area (Å²) >= 11 is 0. The van der Waals surface area contributed by atoms with Crippen molar-refractivity contribution in [3.8, 4) is 0 Å². The molecule has 1 fully saturated rings. The summed E-state index contributed by atoms with van der Waals surface area (Å²) in [6.07, 6.45) is 4.61. The van der Waals surface area contributed by atoms with Crippen molar-refractivity contribution in [2.75, 3.05) is 41.3 Å². The average molecular weight is 396 g/mol. The maximum Gasteiger partial charge on any atom is 0.261 e. The quantitative estimate of drug-likeness (QED) is 0.731. The number of carbonyl (C=O) groups excluding carboxylic acids is 1. The summed E-state index contributed by atoms with van der Waals surface area (Å²) in [4.78, 5) is 29.3. The molecular weight excluding hydrogens is 378 g/mol. The Morgan fingerprint density at radius 3 is 2.14 bits per heavy atom. The van der Waals surface area contributed by atoms with Gasteiger partial charge in [-0.2, -0.15) is 0 Å². The molecule has 0 atom stereocenters. The predicted octanol–water partition coefficient (Wildman–Crippen LogP) is 2.73. The van der Waals surface area contributed by atoms with Crippen molar-refractivity contribution in [1.29, 1.82) is 0 Å². The summed E-state index contributed by atoms with van der Waals surface area (Å²) in [5.74, 6) is -1.27. The molecule has 1 aliphatic rings. The van der Waals surface area contributed by atoms with E-state index in [1.807, 2.05) is 23.1 Å². The number of carbonyl (C=O) groups is 1. The number of piperazine rings is 1.